The molecule has 1 rings (SSSR count). The lowest BCUT2D eigenvalue weighted by atomic mass is 10.6. The van der Waals surface area contributed by atoms with Gasteiger partial charge in [-0.05, 0) is 11.6 Å². The van der Waals surface area contributed by atoms with Crippen LogP contribution in [0.15, 0.2) is 5.51 Å². The highest BCUT2D eigenvalue weighted by Gasteiger charge is 2.08. The maximum atomic E-state index is 10.4. The first-order valence-corrected chi connectivity index (χ1v) is 3.64. The molecule has 5 heteroatoms. The smallest absolute Gasteiger partial charge is 0.265 e. The number of aromatic nitrogens is 1. The third-order valence-electron chi connectivity index (χ3n) is 0.702. The normalized spacial score (nSPS) is 9.56. The standard InChI is InChI=1S/C4HCl2NOS/c5-3-2(4(6)8)9-1-7-3/h1H. The zero-order valence-corrected chi connectivity index (χ0v) is 6.43. The summed E-state index contributed by atoms with van der Waals surface area (Å²) in [5.74, 6) is 0. The Morgan fingerprint density at radius 2 is 2.44 bits per heavy atom. The summed E-state index contributed by atoms with van der Waals surface area (Å²) in [6.45, 7) is 0. The number of rotatable bonds is 1. The molecule has 0 radical (unpaired) electrons. The van der Waals surface area contributed by atoms with E-state index in [2.05, 4.69) is 4.98 Å². The SMILES string of the molecule is O=C(Cl)c1scnc1Cl. The van der Waals surface area contributed by atoms with Crippen LogP contribution in [0.5, 0.6) is 0 Å². The minimum Gasteiger partial charge on any atom is -0.275 e. The van der Waals surface area contributed by atoms with Crippen molar-refractivity contribution >= 4 is 39.8 Å². The Morgan fingerprint density at radius 1 is 1.78 bits per heavy atom. The van der Waals surface area contributed by atoms with E-state index in [1.54, 1.807) is 0 Å². The summed E-state index contributed by atoms with van der Waals surface area (Å²) in [7, 11) is 0. The third kappa shape index (κ3) is 1.41. The molecule has 0 aliphatic heterocycles. The van der Waals surface area contributed by atoms with E-state index >= 15 is 0 Å². The van der Waals surface area contributed by atoms with Crippen LogP contribution >= 0.6 is 34.5 Å². The first-order valence-electron chi connectivity index (χ1n) is 2.00. The maximum absolute atomic E-state index is 10.4. The minimum atomic E-state index is -0.553. The fourth-order valence-electron chi connectivity index (χ4n) is 0.360. The van der Waals surface area contributed by atoms with Crippen molar-refractivity contribution in [2.24, 2.45) is 0 Å². The van der Waals surface area contributed by atoms with Crippen LogP contribution in [0.2, 0.25) is 5.15 Å². The van der Waals surface area contributed by atoms with Gasteiger partial charge in [0.15, 0.2) is 5.15 Å². The van der Waals surface area contributed by atoms with Crippen LogP contribution in [0.25, 0.3) is 0 Å². The van der Waals surface area contributed by atoms with Crippen molar-refractivity contribution in [2.45, 2.75) is 0 Å². The van der Waals surface area contributed by atoms with Gasteiger partial charge in [0, 0.05) is 0 Å². The van der Waals surface area contributed by atoms with Gasteiger partial charge in [-0.15, -0.1) is 11.3 Å². The highest BCUT2D eigenvalue weighted by Crippen LogP contribution is 2.19. The highest BCUT2D eigenvalue weighted by molar-refractivity contribution is 7.14. The fourth-order valence-corrected chi connectivity index (χ4v) is 1.46. The Kier molecular flexibility index (Phi) is 2.05. The summed E-state index contributed by atoms with van der Waals surface area (Å²) in [5.41, 5.74) is 1.47. The summed E-state index contributed by atoms with van der Waals surface area (Å²) >= 11 is 11.7. The van der Waals surface area contributed by atoms with Gasteiger partial charge < -0.3 is 0 Å². The van der Waals surface area contributed by atoms with Gasteiger partial charge >= 0.3 is 0 Å². The first-order chi connectivity index (χ1) is 4.22. The van der Waals surface area contributed by atoms with Gasteiger partial charge in [-0.3, -0.25) is 4.79 Å². The van der Waals surface area contributed by atoms with E-state index in [0.29, 0.717) is 4.88 Å². The third-order valence-corrected chi connectivity index (χ3v) is 2.23. The molecule has 0 aromatic carbocycles. The molecule has 0 amide bonds. The quantitative estimate of drug-likeness (QED) is 0.623. The van der Waals surface area contributed by atoms with Gasteiger partial charge in [-0.2, -0.15) is 0 Å². The Balaban J connectivity index is 3.08. The van der Waals surface area contributed by atoms with Crippen molar-refractivity contribution in [3.8, 4) is 0 Å². The van der Waals surface area contributed by atoms with Crippen LogP contribution in [-0.4, -0.2) is 10.2 Å². The molecule has 0 unspecified atom stereocenters. The van der Waals surface area contributed by atoms with Crippen molar-refractivity contribution in [3.05, 3.63) is 15.5 Å². The predicted molar refractivity (Wildman–Crippen MR) is 37.3 cm³/mol. The number of nitrogens with zero attached hydrogens (tertiary/aromatic N) is 1. The van der Waals surface area contributed by atoms with Crippen LogP contribution in [-0.2, 0) is 0 Å². The molecule has 0 aliphatic carbocycles. The molecular formula is C4HCl2NOS. The highest BCUT2D eigenvalue weighted by atomic mass is 35.5. The zero-order chi connectivity index (χ0) is 6.85. The van der Waals surface area contributed by atoms with Crippen molar-refractivity contribution < 1.29 is 4.79 Å². The number of thiazole rings is 1. The van der Waals surface area contributed by atoms with Gasteiger partial charge in [0.1, 0.15) is 4.88 Å². The predicted octanol–water partition coefficient (Wildman–Crippen LogP) is 2.18. The molecule has 0 fully saturated rings. The van der Waals surface area contributed by atoms with E-state index in [4.69, 9.17) is 23.2 Å². The van der Waals surface area contributed by atoms with Gasteiger partial charge in [0.05, 0.1) is 5.51 Å². The second-order valence-corrected chi connectivity index (χ2v) is 2.80. The number of carbonyl (C=O) groups is 1. The largest absolute Gasteiger partial charge is 0.275 e. The van der Waals surface area contributed by atoms with Crippen LogP contribution < -0.4 is 0 Å². The van der Waals surface area contributed by atoms with E-state index < -0.39 is 5.24 Å². The fraction of sp³-hybridized carbons (Fsp3) is 0. The first kappa shape index (κ1) is 6.99. The molecule has 0 spiro atoms. The lowest BCUT2D eigenvalue weighted by Crippen LogP contribution is -1.82. The van der Waals surface area contributed by atoms with Crippen LogP contribution in [0.4, 0.5) is 0 Å². The van der Waals surface area contributed by atoms with Gasteiger partial charge in [0.25, 0.3) is 5.24 Å². The second-order valence-electron chi connectivity index (χ2n) is 1.25. The van der Waals surface area contributed by atoms with Crippen molar-refractivity contribution in [1.29, 1.82) is 0 Å². The van der Waals surface area contributed by atoms with Gasteiger partial charge in [-0.1, -0.05) is 11.6 Å². The lowest BCUT2D eigenvalue weighted by molar-refractivity contribution is 0.108. The number of halogens is 2. The Bertz CT molecular complexity index is 234. The molecule has 48 valence electrons. The molecule has 1 heterocycles. The summed E-state index contributed by atoms with van der Waals surface area (Å²) in [6, 6.07) is 0. The van der Waals surface area contributed by atoms with Gasteiger partial charge in [0.2, 0.25) is 0 Å². The molecule has 0 N–H and O–H groups in total. The van der Waals surface area contributed by atoms with E-state index in [1.807, 2.05) is 0 Å². The van der Waals surface area contributed by atoms with E-state index in [0.717, 1.165) is 11.3 Å². The Hall–Kier alpha value is -0.120. The molecule has 0 saturated carbocycles. The van der Waals surface area contributed by atoms with Gasteiger partial charge in [-0.25, -0.2) is 4.98 Å². The summed E-state index contributed by atoms with van der Waals surface area (Å²) < 4.78 is 0. The van der Waals surface area contributed by atoms with E-state index in [1.165, 1.54) is 5.51 Å². The lowest BCUT2D eigenvalue weighted by Gasteiger charge is -1.81. The van der Waals surface area contributed by atoms with Crippen molar-refractivity contribution in [2.75, 3.05) is 0 Å². The molecule has 1 aromatic heterocycles. The summed E-state index contributed by atoms with van der Waals surface area (Å²) in [6.07, 6.45) is 0. The van der Waals surface area contributed by atoms with Crippen molar-refractivity contribution in [1.82, 2.24) is 4.98 Å². The summed E-state index contributed by atoms with van der Waals surface area (Å²) in [4.78, 5) is 14.3. The topological polar surface area (TPSA) is 30.0 Å². The molecule has 0 aliphatic rings. The minimum absolute atomic E-state index is 0.181. The Morgan fingerprint density at radius 3 is 2.67 bits per heavy atom. The molecule has 1 aromatic rings. The van der Waals surface area contributed by atoms with Crippen LogP contribution in [0, 0.1) is 0 Å². The number of hydrogen-bond donors (Lipinski definition) is 0. The monoisotopic (exact) mass is 181 g/mol. The van der Waals surface area contributed by atoms with Crippen LogP contribution in [0.1, 0.15) is 9.67 Å². The molecular weight excluding hydrogens is 181 g/mol. The average molecular weight is 182 g/mol. The number of carbonyl (C=O) groups excluding carboxylic acids is 1. The average Bonchev–Trinajstić information content (AvgIpc) is 2.13. The maximum Gasteiger partial charge on any atom is 0.265 e. The zero-order valence-electron chi connectivity index (χ0n) is 4.10. The molecule has 0 saturated heterocycles. The van der Waals surface area contributed by atoms with E-state index in [9.17, 15) is 4.79 Å². The number of hydrogen-bond acceptors (Lipinski definition) is 3. The molecule has 0 bridgehead atoms. The van der Waals surface area contributed by atoms with Crippen molar-refractivity contribution in [3.63, 3.8) is 0 Å². The van der Waals surface area contributed by atoms with E-state index in [-0.39, 0.29) is 5.15 Å². The molecule has 0 atom stereocenters. The second kappa shape index (κ2) is 2.64. The summed E-state index contributed by atoms with van der Waals surface area (Å²) in [5, 5.41) is -0.373. The molecule has 2 nitrogen and oxygen atoms in total. The molecule has 9 heavy (non-hydrogen) atoms. The van der Waals surface area contributed by atoms with Crippen LogP contribution in [0.3, 0.4) is 0 Å². The Labute approximate surface area is 65.4 Å².